The van der Waals surface area contributed by atoms with Crippen LogP contribution in [0.1, 0.15) is 42.0 Å². The molecule has 1 heterocycles. The van der Waals surface area contributed by atoms with Crippen molar-refractivity contribution >= 4 is 5.97 Å². The van der Waals surface area contributed by atoms with Gasteiger partial charge in [0.15, 0.2) is 0 Å². The third-order valence-electron chi connectivity index (χ3n) is 3.64. The highest BCUT2D eigenvalue weighted by molar-refractivity contribution is 5.84. The molecule has 0 radical (unpaired) electrons. The highest BCUT2D eigenvalue weighted by Gasteiger charge is 2.41. The number of furan rings is 1. The summed E-state index contributed by atoms with van der Waals surface area (Å²) in [5, 5.41) is 12.3. The van der Waals surface area contributed by atoms with Gasteiger partial charge in [-0.15, -0.1) is 0 Å². The molecule has 0 spiro atoms. The molecule has 0 atom stereocenters. The van der Waals surface area contributed by atoms with Crippen molar-refractivity contribution < 1.29 is 14.3 Å². The fourth-order valence-electron chi connectivity index (χ4n) is 2.44. The number of hydrogen-bond acceptors (Lipinski definition) is 3. The van der Waals surface area contributed by atoms with Crippen molar-refractivity contribution in [3.05, 3.63) is 23.7 Å². The topological polar surface area (TPSA) is 62.5 Å². The molecule has 2 N–H and O–H groups in total. The van der Waals surface area contributed by atoms with Crippen LogP contribution in [0.3, 0.4) is 0 Å². The smallest absolute Gasteiger partial charge is 0.371 e. The summed E-state index contributed by atoms with van der Waals surface area (Å²) in [5.41, 5.74) is 0. The van der Waals surface area contributed by atoms with Crippen molar-refractivity contribution in [2.45, 2.75) is 38.3 Å². The van der Waals surface area contributed by atoms with E-state index in [1.807, 2.05) is 0 Å². The van der Waals surface area contributed by atoms with Gasteiger partial charge < -0.3 is 14.8 Å². The molecule has 0 aliphatic heterocycles. The zero-order chi connectivity index (χ0) is 11.8. The minimum atomic E-state index is -1.00. The Morgan fingerprint density at radius 2 is 2.00 bits per heavy atom. The van der Waals surface area contributed by atoms with Crippen LogP contribution in [-0.2, 0) is 6.54 Å². The van der Waals surface area contributed by atoms with E-state index in [-0.39, 0.29) is 5.76 Å². The number of aromatic carboxylic acids is 1. The lowest BCUT2D eigenvalue weighted by Gasteiger charge is -2.16. The molecule has 1 aromatic rings. The molecule has 0 aromatic carbocycles. The third kappa shape index (κ3) is 2.52. The van der Waals surface area contributed by atoms with E-state index in [1.54, 1.807) is 6.07 Å². The second-order valence-corrected chi connectivity index (χ2v) is 5.15. The van der Waals surface area contributed by atoms with Crippen LogP contribution in [0.25, 0.3) is 0 Å². The molecular weight excluding hydrogens is 218 g/mol. The Morgan fingerprint density at radius 3 is 2.47 bits per heavy atom. The van der Waals surface area contributed by atoms with E-state index >= 15 is 0 Å². The molecule has 0 saturated heterocycles. The van der Waals surface area contributed by atoms with Crippen LogP contribution in [-0.4, -0.2) is 17.1 Å². The van der Waals surface area contributed by atoms with E-state index in [1.165, 1.54) is 31.7 Å². The van der Waals surface area contributed by atoms with E-state index < -0.39 is 5.97 Å². The van der Waals surface area contributed by atoms with Gasteiger partial charge in [-0.2, -0.15) is 0 Å². The molecule has 17 heavy (non-hydrogen) atoms. The molecule has 1 aromatic heterocycles. The summed E-state index contributed by atoms with van der Waals surface area (Å²) in [6, 6.07) is 3.88. The Hall–Kier alpha value is -1.29. The van der Waals surface area contributed by atoms with Gasteiger partial charge in [0.2, 0.25) is 5.76 Å². The molecular formula is C13H17NO3. The molecule has 0 amide bonds. The van der Waals surface area contributed by atoms with Crippen LogP contribution in [0, 0.1) is 11.8 Å². The summed E-state index contributed by atoms with van der Waals surface area (Å²) in [6.07, 6.45) is 5.36. The average molecular weight is 235 g/mol. The van der Waals surface area contributed by atoms with E-state index in [9.17, 15) is 4.79 Å². The highest BCUT2D eigenvalue weighted by atomic mass is 16.4. The van der Waals surface area contributed by atoms with Gasteiger partial charge in [0.1, 0.15) is 5.76 Å². The zero-order valence-electron chi connectivity index (χ0n) is 9.69. The molecule has 2 aliphatic carbocycles. The fourth-order valence-corrected chi connectivity index (χ4v) is 2.44. The maximum atomic E-state index is 10.7. The van der Waals surface area contributed by atoms with Gasteiger partial charge in [-0.05, 0) is 49.7 Å². The predicted molar refractivity (Wildman–Crippen MR) is 61.7 cm³/mol. The standard InChI is InChI=1S/C13H17NO3/c15-13(16)11-6-5-10(17-11)7-14-12(8-1-2-8)9-3-4-9/h5-6,8-9,12,14H,1-4,7H2,(H,15,16). The number of nitrogens with one attached hydrogen (secondary N) is 1. The normalized spacial score (nSPS) is 19.8. The van der Waals surface area contributed by atoms with E-state index in [2.05, 4.69) is 5.32 Å². The Labute approximate surface area is 100 Å². The number of carbonyl (C=O) groups is 1. The first kappa shape index (κ1) is 10.8. The molecule has 4 nitrogen and oxygen atoms in total. The first-order chi connectivity index (χ1) is 8.24. The third-order valence-corrected chi connectivity index (χ3v) is 3.64. The summed E-state index contributed by atoms with van der Waals surface area (Å²) in [6.45, 7) is 0.644. The summed E-state index contributed by atoms with van der Waals surface area (Å²) in [5.74, 6) is 1.43. The van der Waals surface area contributed by atoms with Gasteiger partial charge in [0.25, 0.3) is 0 Å². The molecule has 3 rings (SSSR count). The molecule has 0 bridgehead atoms. The van der Waals surface area contributed by atoms with Crippen LogP contribution >= 0.6 is 0 Å². The van der Waals surface area contributed by atoms with Crippen molar-refractivity contribution in [3.63, 3.8) is 0 Å². The molecule has 2 fully saturated rings. The van der Waals surface area contributed by atoms with Crippen molar-refractivity contribution in [1.29, 1.82) is 0 Å². The van der Waals surface area contributed by atoms with Crippen molar-refractivity contribution in [2.24, 2.45) is 11.8 Å². The van der Waals surface area contributed by atoms with Gasteiger partial charge >= 0.3 is 5.97 Å². The number of rotatable bonds is 6. The Kier molecular flexibility index (Phi) is 2.67. The Balaban J connectivity index is 1.56. The first-order valence-electron chi connectivity index (χ1n) is 6.29. The maximum Gasteiger partial charge on any atom is 0.371 e. The van der Waals surface area contributed by atoms with E-state index in [0.717, 1.165) is 11.8 Å². The van der Waals surface area contributed by atoms with Crippen LogP contribution in [0.5, 0.6) is 0 Å². The molecule has 0 unspecified atom stereocenters. The highest BCUT2D eigenvalue weighted by Crippen LogP contribution is 2.44. The van der Waals surface area contributed by atoms with Gasteiger partial charge in [-0.25, -0.2) is 4.79 Å². The SMILES string of the molecule is O=C(O)c1ccc(CNC(C2CC2)C2CC2)o1. The van der Waals surface area contributed by atoms with Gasteiger partial charge in [-0.1, -0.05) is 0 Å². The molecule has 2 saturated carbocycles. The van der Waals surface area contributed by atoms with Gasteiger partial charge in [-0.3, -0.25) is 0 Å². The molecule has 2 aliphatic rings. The van der Waals surface area contributed by atoms with Crippen molar-refractivity contribution in [2.75, 3.05) is 0 Å². The summed E-state index contributed by atoms with van der Waals surface area (Å²) < 4.78 is 5.23. The lowest BCUT2D eigenvalue weighted by molar-refractivity contribution is 0.0660. The summed E-state index contributed by atoms with van der Waals surface area (Å²) in [7, 11) is 0. The average Bonchev–Trinajstić information content (AvgIpc) is 3.20. The largest absolute Gasteiger partial charge is 0.475 e. The lowest BCUT2D eigenvalue weighted by Crippen LogP contribution is -2.32. The molecule has 4 heteroatoms. The minimum absolute atomic E-state index is 0.0243. The number of carboxylic acid groups (broad SMARTS) is 1. The maximum absolute atomic E-state index is 10.7. The lowest BCUT2D eigenvalue weighted by atomic mass is 10.1. The minimum Gasteiger partial charge on any atom is -0.475 e. The second kappa shape index (κ2) is 4.18. The first-order valence-corrected chi connectivity index (χ1v) is 6.29. The van der Waals surface area contributed by atoms with Crippen LogP contribution in [0.2, 0.25) is 0 Å². The van der Waals surface area contributed by atoms with Gasteiger partial charge in [0.05, 0.1) is 6.54 Å². The summed E-state index contributed by atoms with van der Waals surface area (Å²) in [4.78, 5) is 10.7. The zero-order valence-corrected chi connectivity index (χ0v) is 9.69. The van der Waals surface area contributed by atoms with Crippen molar-refractivity contribution in [3.8, 4) is 0 Å². The predicted octanol–water partition coefficient (Wildman–Crippen LogP) is 2.26. The fraction of sp³-hybridized carbons (Fsp3) is 0.615. The second-order valence-electron chi connectivity index (χ2n) is 5.15. The summed E-state index contributed by atoms with van der Waals surface area (Å²) >= 11 is 0. The van der Waals surface area contributed by atoms with Gasteiger partial charge in [0, 0.05) is 6.04 Å². The van der Waals surface area contributed by atoms with Crippen molar-refractivity contribution in [1.82, 2.24) is 5.32 Å². The Bertz CT molecular complexity index is 406. The van der Waals surface area contributed by atoms with Crippen LogP contribution < -0.4 is 5.32 Å². The Morgan fingerprint density at radius 1 is 1.35 bits per heavy atom. The van der Waals surface area contributed by atoms with Crippen LogP contribution in [0.15, 0.2) is 16.5 Å². The monoisotopic (exact) mass is 235 g/mol. The van der Waals surface area contributed by atoms with E-state index in [0.29, 0.717) is 18.3 Å². The van der Waals surface area contributed by atoms with Crippen LogP contribution in [0.4, 0.5) is 0 Å². The quantitative estimate of drug-likeness (QED) is 0.794. The molecule has 92 valence electrons. The number of hydrogen-bond donors (Lipinski definition) is 2. The van der Waals surface area contributed by atoms with E-state index in [4.69, 9.17) is 9.52 Å². The number of carboxylic acids is 1.